The molecule has 1 heterocycles. The van der Waals surface area contributed by atoms with Crippen molar-refractivity contribution in [1.29, 1.82) is 0 Å². The Labute approximate surface area is 211 Å². The first-order valence-electron chi connectivity index (χ1n) is 11.6. The number of hydrogen-bond acceptors (Lipinski definition) is 3. The molecule has 0 aromatic heterocycles. The molecule has 2 N–H and O–H groups in total. The highest BCUT2D eigenvalue weighted by atomic mass is 35.5. The molecule has 3 rings (SSSR count). The van der Waals surface area contributed by atoms with Crippen molar-refractivity contribution in [2.75, 3.05) is 0 Å². The zero-order chi connectivity index (χ0) is 25.3. The molecule has 0 bridgehead atoms. The van der Waals surface area contributed by atoms with Gasteiger partial charge in [-0.3, -0.25) is 9.59 Å². The highest BCUT2D eigenvalue weighted by Crippen LogP contribution is 2.52. The number of halogens is 2. The van der Waals surface area contributed by atoms with Crippen LogP contribution in [0.15, 0.2) is 48.5 Å². The van der Waals surface area contributed by atoms with E-state index in [0.29, 0.717) is 29.3 Å². The van der Waals surface area contributed by atoms with E-state index in [2.05, 4.69) is 0 Å². The van der Waals surface area contributed by atoms with Crippen LogP contribution in [0.2, 0.25) is 10.0 Å². The molecule has 1 fully saturated rings. The summed E-state index contributed by atoms with van der Waals surface area (Å²) in [6.07, 6.45) is 1.07. The summed E-state index contributed by atoms with van der Waals surface area (Å²) in [5.74, 6) is -1.41. The topological polar surface area (TPSA) is 77.8 Å². The third-order valence-electron chi connectivity index (χ3n) is 6.73. The quantitative estimate of drug-likeness (QED) is 0.430. The zero-order valence-electron chi connectivity index (χ0n) is 20.1. The lowest BCUT2D eigenvalue weighted by atomic mass is 9.66. The molecular formula is C27H33Cl2NO4. The minimum atomic E-state index is -1.10. The van der Waals surface area contributed by atoms with Crippen LogP contribution in [0.5, 0.6) is 0 Å². The summed E-state index contributed by atoms with van der Waals surface area (Å²) in [5.41, 5.74) is -0.249. The van der Waals surface area contributed by atoms with Crippen LogP contribution in [0.3, 0.4) is 0 Å². The molecular weight excluding hydrogens is 473 g/mol. The van der Waals surface area contributed by atoms with E-state index in [-0.39, 0.29) is 30.3 Å². The van der Waals surface area contributed by atoms with Crippen LogP contribution in [-0.4, -0.2) is 38.6 Å². The molecule has 7 heteroatoms. The summed E-state index contributed by atoms with van der Waals surface area (Å²) < 4.78 is 0. The number of benzene rings is 2. The van der Waals surface area contributed by atoms with Crippen LogP contribution in [0.4, 0.5) is 0 Å². The highest BCUT2D eigenvalue weighted by molar-refractivity contribution is 6.30. The number of aliphatic hydroxyl groups is 1. The van der Waals surface area contributed by atoms with E-state index in [1.54, 1.807) is 39.0 Å². The molecule has 0 radical (unpaired) electrons. The van der Waals surface area contributed by atoms with Crippen LogP contribution in [0.1, 0.15) is 76.5 Å². The van der Waals surface area contributed by atoms with E-state index in [1.807, 2.05) is 42.2 Å². The molecule has 0 aliphatic carbocycles. The number of carboxylic acid groups (broad SMARTS) is 1. The predicted octanol–water partition coefficient (Wildman–Crippen LogP) is 6.47. The van der Waals surface area contributed by atoms with Gasteiger partial charge in [-0.1, -0.05) is 61.3 Å². The second-order valence-electron chi connectivity index (χ2n) is 10.3. The van der Waals surface area contributed by atoms with Gasteiger partial charge in [0.2, 0.25) is 5.91 Å². The number of amides is 1. The largest absolute Gasteiger partial charge is 0.481 e. The van der Waals surface area contributed by atoms with Crippen LogP contribution < -0.4 is 0 Å². The summed E-state index contributed by atoms with van der Waals surface area (Å²) in [6, 6.07) is 14.3. The smallest absolute Gasteiger partial charge is 0.304 e. The van der Waals surface area contributed by atoms with Gasteiger partial charge in [-0.25, -0.2) is 0 Å². The third-order valence-corrected chi connectivity index (χ3v) is 7.22. The van der Waals surface area contributed by atoms with Gasteiger partial charge in [0.1, 0.15) is 0 Å². The second kappa shape index (κ2) is 10.3. The molecule has 0 saturated carbocycles. The first-order chi connectivity index (χ1) is 15.8. The van der Waals surface area contributed by atoms with E-state index in [9.17, 15) is 19.8 Å². The van der Waals surface area contributed by atoms with Gasteiger partial charge in [-0.05, 0) is 68.5 Å². The Hall–Kier alpha value is -2.08. The van der Waals surface area contributed by atoms with Gasteiger partial charge >= 0.3 is 5.97 Å². The van der Waals surface area contributed by atoms with Gasteiger partial charge in [0.15, 0.2) is 0 Å². The SMILES string of the molecule is CC[C@@H](CC(C)(C)O)N1C(=O)[C@](C)(CC(=O)O)C[C@H](c2cccc(Cl)c2)[C@H]1c1ccc(Cl)cc1. The van der Waals surface area contributed by atoms with Crippen molar-refractivity contribution in [2.45, 2.75) is 77.0 Å². The fraction of sp³-hybridized carbons (Fsp3) is 0.481. The Balaban J connectivity index is 2.24. The maximum Gasteiger partial charge on any atom is 0.304 e. The average Bonchev–Trinajstić information content (AvgIpc) is 2.73. The lowest BCUT2D eigenvalue weighted by Gasteiger charge is -2.52. The molecule has 5 nitrogen and oxygen atoms in total. The Morgan fingerprint density at radius 2 is 1.79 bits per heavy atom. The minimum absolute atomic E-state index is 0.196. The van der Waals surface area contributed by atoms with Gasteiger partial charge in [-0.2, -0.15) is 0 Å². The van der Waals surface area contributed by atoms with Crippen molar-refractivity contribution >= 4 is 35.1 Å². The molecule has 184 valence electrons. The molecule has 0 unspecified atom stereocenters. The van der Waals surface area contributed by atoms with E-state index in [1.165, 1.54) is 0 Å². The fourth-order valence-electron chi connectivity index (χ4n) is 5.30. The number of carbonyl (C=O) groups excluding carboxylic acids is 1. The van der Waals surface area contributed by atoms with Crippen molar-refractivity contribution in [3.8, 4) is 0 Å². The van der Waals surface area contributed by atoms with Gasteiger partial charge in [0, 0.05) is 22.0 Å². The molecule has 1 saturated heterocycles. The molecule has 0 spiro atoms. The first kappa shape index (κ1) is 26.5. The van der Waals surface area contributed by atoms with E-state index in [0.717, 1.165) is 11.1 Å². The summed E-state index contributed by atoms with van der Waals surface area (Å²) in [5, 5.41) is 21.5. The van der Waals surface area contributed by atoms with Gasteiger partial charge in [0.05, 0.1) is 23.5 Å². The lowest BCUT2D eigenvalue weighted by molar-refractivity contribution is -0.162. The maximum absolute atomic E-state index is 14.1. The maximum atomic E-state index is 14.1. The fourth-order valence-corrected chi connectivity index (χ4v) is 5.62. The Kier molecular flexibility index (Phi) is 8.01. The third kappa shape index (κ3) is 5.94. The second-order valence-corrected chi connectivity index (χ2v) is 11.2. The number of nitrogens with zero attached hydrogens (tertiary/aromatic N) is 1. The number of piperidine rings is 1. The molecule has 34 heavy (non-hydrogen) atoms. The van der Waals surface area contributed by atoms with Crippen molar-refractivity contribution in [1.82, 2.24) is 4.90 Å². The summed E-state index contributed by atoms with van der Waals surface area (Å²) in [6.45, 7) is 7.18. The Morgan fingerprint density at radius 3 is 2.32 bits per heavy atom. The van der Waals surface area contributed by atoms with Crippen molar-refractivity contribution < 1.29 is 19.8 Å². The molecule has 2 aromatic carbocycles. The number of hydrogen-bond donors (Lipinski definition) is 2. The normalized spacial score (nSPS) is 24.2. The summed E-state index contributed by atoms with van der Waals surface area (Å²) >= 11 is 12.5. The summed E-state index contributed by atoms with van der Waals surface area (Å²) in [4.78, 5) is 27.8. The molecule has 4 atom stereocenters. The van der Waals surface area contributed by atoms with E-state index in [4.69, 9.17) is 23.2 Å². The standard InChI is InChI=1S/C27H33Cl2NO4/c1-5-21(14-26(2,3)34)30-24(17-9-11-19(28)12-10-17)22(18-7-6-8-20(29)13-18)15-27(4,25(30)33)16-23(31)32/h6-13,21-22,24,34H,5,14-16H2,1-4H3,(H,31,32)/t21-,22+,24+,27-/m0/s1. The average molecular weight is 506 g/mol. The summed E-state index contributed by atoms with van der Waals surface area (Å²) in [7, 11) is 0. The van der Waals surface area contributed by atoms with Crippen LogP contribution >= 0.6 is 23.2 Å². The minimum Gasteiger partial charge on any atom is -0.481 e. The van der Waals surface area contributed by atoms with Crippen molar-refractivity contribution in [3.63, 3.8) is 0 Å². The van der Waals surface area contributed by atoms with Crippen LogP contribution in [0, 0.1) is 5.41 Å². The van der Waals surface area contributed by atoms with Gasteiger partial charge in [0.25, 0.3) is 0 Å². The number of carbonyl (C=O) groups is 2. The van der Waals surface area contributed by atoms with E-state index >= 15 is 0 Å². The highest BCUT2D eigenvalue weighted by Gasteiger charge is 2.52. The monoisotopic (exact) mass is 505 g/mol. The number of rotatable bonds is 8. The zero-order valence-corrected chi connectivity index (χ0v) is 21.6. The number of likely N-dealkylation sites (tertiary alicyclic amines) is 1. The molecule has 1 aliphatic rings. The number of aliphatic carboxylic acids is 1. The van der Waals surface area contributed by atoms with Gasteiger partial charge in [-0.15, -0.1) is 0 Å². The molecule has 2 aromatic rings. The van der Waals surface area contributed by atoms with Crippen LogP contribution in [0.25, 0.3) is 0 Å². The van der Waals surface area contributed by atoms with E-state index < -0.39 is 17.0 Å². The lowest BCUT2D eigenvalue weighted by Crippen LogP contribution is -2.57. The van der Waals surface area contributed by atoms with Gasteiger partial charge < -0.3 is 15.1 Å². The number of carboxylic acids is 1. The predicted molar refractivity (Wildman–Crippen MR) is 135 cm³/mol. The molecule has 1 aliphatic heterocycles. The first-order valence-corrected chi connectivity index (χ1v) is 12.4. The van der Waals surface area contributed by atoms with Crippen LogP contribution in [-0.2, 0) is 9.59 Å². The molecule has 1 amide bonds. The Morgan fingerprint density at radius 1 is 1.15 bits per heavy atom. The van der Waals surface area contributed by atoms with Crippen molar-refractivity contribution in [2.24, 2.45) is 5.41 Å². The van der Waals surface area contributed by atoms with Crippen molar-refractivity contribution in [3.05, 3.63) is 69.7 Å². The Bertz CT molecular complexity index is 1030.